The van der Waals surface area contributed by atoms with Crippen LogP contribution >= 0.6 is 23.2 Å². The van der Waals surface area contributed by atoms with E-state index in [1.807, 2.05) is 0 Å². The van der Waals surface area contributed by atoms with Gasteiger partial charge in [-0.1, -0.05) is 29.6 Å². The van der Waals surface area contributed by atoms with Crippen LogP contribution in [-0.2, 0) is 10.0 Å². The van der Waals surface area contributed by atoms with Crippen molar-refractivity contribution < 1.29 is 13.2 Å². The summed E-state index contributed by atoms with van der Waals surface area (Å²) in [4.78, 5) is 0.0932. The molecule has 0 saturated carbocycles. The number of hydrogen-bond donors (Lipinski definition) is 0. The van der Waals surface area contributed by atoms with E-state index in [1.165, 1.54) is 16.4 Å². The Hall–Kier alpha value is -0.490. The number of rotatable bonds is 4. The van der Waals surface area contributed by atoms with E-state index in [2.05, 4.69) is 0 Å². The van der Waals surface area contributed by atoms with Crippen molar-refractivity contribution in [3.63, 3.8) is 0 Å². The summed E-state index contributed by atoms with van der Waals surface area (Å²) >= 11 is 12.0. The fourth-order valence-electron chi connectivity index (χ4n) is 2.24. The number of hydrogen-bond acceptors (Lipinski definition) is 3. The maximum absolute atomic E-state index is 12.7. The number of piperidine rings is 1. The van der Waals surface area contributed by atoms with E-state index in [1.54, 1.807) is 6.92 Å². The second-order valence-corrected chi connectivity index (χ2v) is 7.28. The van der Waals surface area contributed by atoms with Crippen LogP contribution in [0.3, 0.4) is 0 Å². The van der Waals surface area contributed by atoms with Crippen molar-refractivity contribution in [1.82, 2.24) is 4.31 Å². The molecule has 1 aliphatic heterocycles. The first-order valence-electron chi connectivity index (χ1n) is 6.59. The van der Waals surface area contributed by atoms with Crippen LogP contribution in [0.4, 0.5) is 0 Å². The molecule has 1 aromatic carbocycles. The molecule has 0 atom stereocenters. The highest BCUT2D eigenvalue weighted by molar-refractivity contribution is 7.89. The SMILES string of the molecule is CCOc1c(S(=O)(=O)N2CCCCC2)ccc(Cl)c1Cl. The number of nitrogens with zero attached hydrogens (tertiary/aromatic N) is 1. The molecule has 1 aromatic rings. The van der Waals surface area contributed by atoms with Gasteiger partial charge in [0.05, 0.1) is 11.6 Å². The topological polar surface area (TPSA) is 46.6 Å². The third-order valence-corrected chi connectivity index (χ3v) is 5.94. The van der Waals surface area contributed by atoms with Crippen LogP contribution in [0.15, 0.2) is 17.0 Å². The molecule has 1 aliphatic rings. The maximum atomic E-state index is 12.7. The summed E-state index contributed by atoms with van der Waals surface area (Å²) in [7, 11) is -3.59. The highest BCUT2D eigenvalue weighted by Crippen LogP contribution is 2.39. The minimum atomic E-state index is -3.59. The van der Waals surface area contributed by atoms with E-state index >= 15 is 0 Å². The Morgan fingerprint density at radius 1 is 1.20 bits per heavy atom. The smallest absolute Gasteiger partial charge is 0.246 e. The van der Waals surface area contributed by atoms with Gasteiger partial charge in [-0.15, -0.1) is 0 Å². The van der Waals surface area contributed by atoms with E-state index in [-0.39, 0.29) is 20.7 Å². The van der Waals surface area contributed by atoms with Crippen molar-refractivity contribution in [2.24, 2.45) is 0 Å². The van der Waals surface area contributed by atoms with Gasteiger partial charge in [0.2, 0.25) is 10.0 Å². The fourth-order valence-corrected chi connectivity index (χ4v) is 4.32. The largest absolute Gasteiger partial charge is 0.491 e. The van der Waals surface area contributed by atoms with Gasteiger partial charge in [-0.2, -0.15) is 4.31 Å². The Labute approximate surface area is 129 Å². The second kappa shape index (κ2) is 6.52. The van der Waals surface area contributed by atoms with Crippen LogP contribution in [0.5, 0.6) is 5.75 Å². The Balaban J connectivity index is 2.47. The average molecular weight is 338 g/mol. The van der Waals surface area contributed by atoms with Gasteiger partial charge in [0.1, 0.15) is 9.92 Å². The minimum absolute atomic E-state index is 0.0932. The van der Waals surface area contributed by atoms with Crippen LogP contribution in [0.1, 0.15) is 26.2 Å². The third-order valence-electron chi connectivity index (χ3n) is 3.24. The summed E-state index contributed by atoms with van der Waals surface area (Å²) in [6, 6.07) is 2.95. The maximum Gasteiger partial charge on any atom is 0.246 e. The molecule has 7 heteroatoms. The molecule has 0 spiro atoms. The highest BCUT2D eigenvalue weighted by atomic mass is 35.5. The zero-order valence-electron chi connectivity index (χ0n) is 11.2. The van der Waals surface area contributed by atoms with Crippen molar-refractivity contribution in [2.75, 3.05) is 19.7 Å². The monoisotopic (exact) mass is 337 g/mol. The highest BCUT2D eigenvalue weighted by Gasteiger charge is 2.30. The van der Waals surface area contributed by atoms with Crippen molar-refractivity contribution in [2.45, 2.75) is 31.1 Å². The minimum Gasteiger partial charge on any atom is -0.491 e. The van der Waals surface area contributed by atoms with E-state index < -0.39 is 10.0 Å². The summed E-state index contributed by atoms with van der Waals surface area (Å²) in [5.74, 6) is 0.146. The van der Waals surface area contributed by atoms with Gasteiger partial charge in [0.25, 0.3) is 0 Å². The summed E-state index contributed by atoms with van der Waals surface area (Å²) in [6.07, 6.45) is 2.82. The molecule has 0 aliphatic carbocycles. The van der Waals surface area contributed by atoms with Crippen molar-refractivity contribution >= 4 is 33.2 Å². The molecule has 1 saturated heterocycles. The summed E-state index contributed by atoms with van der Waals surface area (Å²) < 4.78 is 32.3. The van der Waals surface area contributed by atoms with Gasteiger partial charge in [-0.05, 0) is 31.9 Å². The molecule has 0 radical (unpaired) electrons. The number of ether oxygens (including phenoxy) is 1. The zero-order chi connectivity index (χ0) is 14.8. The lowest BCUT2D eigenvalue weighted by molar-refractivity contribution is 0.323. The Kier molecular flexibility index (Phi) is 5.18. The predicted molar refractivity (Wildman–Crippen MR) is 80.2 cm³/mol. The molecule has 4 nitrogen and oxygen atoms in total. The molecule has 1 fully saturated rings. The molecule has 0 aromatic heterocycles. The van der Waals surface area contributed by atoms with Crippen LogP contribution in [0, 0.1) is 0 Å². The molecule has 2 rings (SSSR count). The van der Waals surface area contributed by atoms with E-state index in [4.69, 9.17) is 27.9 Å². The molecule has 0 bridgehead atoms. The molecule has 20 heavy (non-hydrogen) atoms. The van der Waals surface area contributed by atoms with Crippen molar-refractivity contribution in [3.05, 3.63) is 22.2 Å². The second-order valence-electron chi connectivity index (χ2n) is 4.59. The lowest BCUT2D eigenvalue weighted by Crippen LogP contribution is -2.35. The standard InChI is InChI=1S/C13H17Cl2NO3S/c1-2-19-13-11(7-6-10(14)12(13)15)20(17,18)16-8-4-3-5-9-16/h6-7H,2-5,8-9H2,1H3. The summed E-state index contributed by atoms with van der Waals surface area (Å²) in [5, 5.41) is 0.430. The molecule has 112 valence electrons. The number of benzene rings is 1. The normalized spacial score (nSPS) is 17.1. The molecule has 0 N–H and O–H groups in total. The lowest BCUT2D eigenvalue weighted by atomic mass is 10.2. The van der Waals surface area contributed by atoms with Gasteiger partial charge >= 0.3 is 0 Å². The quantitative estimate of drug-likeness (QED) is 0.843. The van der Waals surface area contributed by atoms with Gasteiger partial charge < -0.3 is 4.74 Å². The molecule has 0 unspecified atom stereocenters. The Bertz CT molecular complexity index is 584. The third kappa shape index (κ3) is 3.06. The van der Waals surface area contributed by atoms with Gasteiger partial charge in [0.15, 0.2) is 5.75 Å². The molecule has 1 heterocycles. The van der Waals surface area contributed by atoms with Crippen molar-refractivity contribution in [1.29, 1.82) is 0 Å². The average Bonchev–Trinajstić information content (AvgIpc) is 2.45. The van der Waals surface area contributed by atoms with Crippen LogP contribution in [0.2, 0.25) is 10.0 Å². The van der Waals surface area contributed by atoms with Crippen LogP contribution in [0.25, 0.3) is 0 Å². The first kappa shape index (κ1) is 15.9. The van der Waals surface area contributed by atoms with Crippen LogP contribution in [-0.4, -0.2) is 32.4 Å². The molecular formula is C13H17Cl2NO3S. The number of halogens is 2. The Morgan fingerprint density at radius 2 is 1.85 bits per heavy atom. The summed E-state index contributed by atoms with van der Waals surface area (Å²) in [5.41, 5.74) is 0. The lowest BCUT2D eigenvalue weighted by Gasteiger charge is -2.27. The van der Waals surface area contributed by atoms with Gasteiger partial charge in [0, 0.05) is 13.1 Å². The predicted octanol–water partition coefficient (Wildman–Crippen LogP) is 3.57. The molecule has 0 amide bonds. The zero-order valence-corrected chi connectivity index (χ0v) is 13.6. The summed E-state index contributed by atoms with van der Waals surface area (Å²) in [6.45, 7) is 3.17. The van der Waals surface area contributed by atoms with Crippen LogP contribution < -0.4 is 4.74 Å². The van der Waals surface area contributed by atoms with Crippen molar-refractivity contribution in [3.8, 4) is 5.75 Å². The van der Waals surface area contributed by atoms with E-state index in [9.17, 15) is 8.42 Å². The number of sulfonamides is 1. The van der Waals surface area contributed by atoms with Gasteiger partial charge in [-0.25, -0.2) is 8.42 Å². The van der Waals surface area contributed by atoms with E-state index in [0.29, 0.717) is 19.7 Å². The molecular weight excluding hydrogens is 321 g/mol. The van der Waals surface area contributed by atoms with E-state index in [0.717, 1.165) is 19.3 Å². The van der Waals surface area contributed by atoms with Gasteiger partial charge in [-0.3, -0.25) is 0 Å². The Morgan fingerprint density at radius 3 is 2.45 bits per heavy atom. The first-order valence-corrected chi connectivity index (χ1v) is 8.79. The first-order chi connectivity index (χ1) is 9.48. The fraction of sp³-hybridized carbons (Fsp3) is 0.538.